The average Bonchev–Trinajstić information content (AvgIpc) is 2.88. The molecule has 0 saturated carbocycles. The van der Waals surface area contributed by atoms with E-state index < -0.39 is 12.0 Å². The second kappa shape index (κ2) is 7.12. The van der Waals surface area contributed by atoms with Crippen LogP contribution in [0.5, 0.6) is 0 Å². The molecule has 1 aromatic heterocycles. The second-order valence-electron chi connectivity index (χ2n) is 5.14. The maximum Gasteiger partial charge on any atom is 0.453 e. The predicted molar refractivity (Wildman–Crippen MR) is 83.6 cm³/mol. The summed E-state index contributed by atoms with van der Waals surface area (Å²) >= 11 is 0.808. The number of thioether (sulfide) groups is 1. The van der Waals surface area contributed by atoms with E-state index in [0.717, 1.165) is 22.9 Å². The summed E-state index contributed by atoms with van der Waals surface area (Å²) in [4.78, 5) is 13.6. The first kappa shape index (κ1) is 18.1. The van der Waals surface area contributed by atoms with Crippen LogP contribution in [-0.4, -0.2) is 38.5 Å². The zero-order valence-corrected chi connectivity index (χ0v) is 13.9. The molecule has 10 heteroatoms. The summed E-state index contributed by atoms with van der Waals surface area (Å²) in [6, 6.07) is 7.64. The number of alkyl halides is 3. The summed E-state index contributed by atoms with van der Waals surface area (Å²) in [6.45, 7) is 2.35. The van der Waals surface area contributed by atoms with Crippen LogP contribution < -0.4 is 5.84 Å². The van der Waals surface area contributed by atoms with Crippen molar-refractivity contribution in [2.24, 2.45) is 0 Å². The van der Waals surface area contributed by atoms with Crippen LogP contribution in [0.25, 0.3) is 0 Å². The van der Waals surface area contributed by atoms with E-state index in [2.05, 4.69) is 10.2 Å². The van der Waals surface area contributed by atoms with Gasteiger partial charge in [0.1, 0.15) is 0 Å². The number of hydrogen-bond acceptors (Lipinski definition) is 5. The monoisotopic (exact) mass is 359 g/mol. The Morgan fingerprint density at radius 1 is 1.33 bits per heavy atom. The minimum absolute atomic E-state index is 0.0877. The molecule has 0 atom stereocenters. The summed E-state index contributed by atoms with van der Waals surface area (Å²) in [5.41, 5.74) is 2.06. The van der Waals surface area contributed by atoms with Gasteiger partial charge in [-0.3, -0.25) is 4.79 Å². The van der Waals surface area contributed by atoms with Crippen molar-refractivity contribution in [3.63, 3.8) is 0 Å². The molecule has 0 radical (unpaired) electrons. The normalized spacial score (nSPS) is 11.5. The number of rotatable bonds is 5. The highest BCUT2D eigenvalue weighted by atomic mass is 32.2. The van der Waals surface area contributed by atoms with Crippen LogP contribution >= 0.6 is 11.8 Å². The number of aryl methyl sites for hydroxylation is 1. The van der Waals surface area contributed by atoms with Gasteiger partial charge in [-0.15, -0.1) is 10.2 Å². The van der Waals surface area contributed by atoms with Gasteiger partial charge in [-0.2, -0.15) is 13.2 Å². The molecule has 130 valence electrons. The van der Waals surface area contributed by atoms with Crippen molar-refractivity contribution in [3.05, 3.63) is 41.2 Å². The van der Waals surface area contributed by atoms with Crippen LogP contribution in [0.2, 0.25) is 0 Å². The third-order valence-corrected chi connectivity index (χ3v) is 4.27. The van der Waals surface area contributed by atoms with Gasteiger partial charge in [0, 0.05) is 13.6 Å². The number of carbonyl (C=O) groups excluding carboxylic acids is 1. The molecule has 0 bridgehead atoms. The Morgan fingerprint density at radius 2 is 2.00 bits per heavy atom. The molecule has 2 N–H and O–H groups in total. The SMILES string of the molecule is Cc1ccccc1CN(C)C(=O)CSc1nnc(C(F)(F)F)n1N. The zero-order chi connectivity index (χ0) is 17.9. The zero-order valence-electron chi connectivity index (χ0n) is 13.0. The fourth-order valence-electron chi connectivity index (χ4n) is 1.94. The number of benzene rings is 1. The van der Waals surface area contributed by atoms with Crippen LogP contribution in [0.15, 0.2) is 29.4 Å². The molecule has 0 spiro atoms. The predicted octanol–water partition coefficient (Wildman–Crippen LogP) is 2.07. The van der Waals surface area contributed by atoms with Crippen molar-refractivity contribution in [1.29, 1.82) is 0 Å². The van der Waals surface area contributed by atoms with Gasteiger partial charge in [0.05, 0.1) is 5.75 Å². The molecule has 1 heterocycles. The fourth-order valence-corrected chi connectivity index (χ4v) is 2.73. The number of halogens is 3. The molecule has 0 aliphatic rings. The van der Waals surface area contributed by atoms with Gasteiger partial charge in [-0.1, -0.05) is 36.0 Å². The lowest BCUT2D eigenvalue weighted by atomic mass is 10.1. The number of nitrogen functional groups attached to an aromatic ring is 1. The molecule has 0 aliphatic heterocycles. The Labute approximate surface area is 140 Å². The first-order chi connectivity index (χ1) is 11.2. The standard InChI is InChI=1S/C14H16F3N5OS/c1-9-5-3-4-6-10(9)7-21(2)11(23)8-24-13-20-19-12(22(13)18)14(15,16)17/h3-6H,7-8,18H2,1-2H3. The van der Waals surface area contributed by atoms with Gasteiger partial charge in [0.25, 0.3) is 5.82 Å². The van der Waals surface area contributed by atoms with Crippen molar-refractivity contribution in [3.8, 4) is 0 Å². The molecular formula is C14H16F3N5OS. The summed E-state index contributed by atoms with van der Waals surface area (Å²) < 4.78 is 38.1. The Balaban J connectivity index is 1.96. The molecule has 2 aromatic rings. The van der Waals surface area contributed by atoms with E-state index >= 15 is 0 Å². The summed E-state index contributed by atoms with van der Waals surface area (Å²) in [5, 5.41) is 6.21. The van der Waals surface area contributed by atoms with Crippen molar-refractivity contribution < 1.29 is 18.0 Å². The van der Waals surface area contributed by atoms with Crippen molar-refractivity contribution >= 4 is 17.7 Å². The molecule has 0 unspecified atom stereocenters. The van der Waals surface area contributed by atoms with Crippen molar-refractivity contribution in [1.82, 2.24) is 19.8 Å². The third-order valence-electron chi connectivity index (χ3n) is 3.34. The largest absolute Gasteiger partial charge is 0.453 e. The minimum Gasteiger partial charge on any atom is -0.341 e. The Kier molecular flexibility index (Phi) is 5.37. The van der Waals surface area contributed by atoms with E-state index in [-0.39, 0.29) is 16.8 Å². The quantitative estimate of drug-likeness (QED) is 0.653. The molecule has 2 rings (SSSR count). The number of nitrogens with zero attached hydrogens (tertiary/aromatic N) is 4. The smallest absolute Gasteiger partial charge is 0.341 e. The summed E-state index contributed by atoms with van der Waals surface area (Å²) in [7, 11) is 1.63. The van der Waals surface area contributed by atoms with Gasteiger partial charge < -0.3 is 10.7 Å². The number of hydrogen-bond donors (Lipinski definition) is 1. The van der Waals surface area contributed by atoms with Gasteiger partial charge in [-0.25, -0.2) is 4.68 Å². The Hall–Kier alpha value is -2.23. The number of aromatic nitrogens is 3. The Morgan fingerprint density at radius 3 is 2.58 bits per heavy atom. The van der Waals surface area contributed by atoms with Crippen LogP contribution in [0, 0.1) is 6.92 Å². The molecule has 24 heavy (non-hydrogen) atoms. The third kappa shape index (κ3) is 4.19. The average molecular weight is 359 g/mol. The molecule has 1 amide bonds. The molecule has 6 nitrogen and oxygen atoms in total. The van der Waals surface area contributed by atoms with Crippen LogP contribution in [0.4, 0.5) is 13.2 Å². The van der Waals surface area contributed by atoms with Crippen molar-refractivity contribution in [2.75, 3.05) is 18.6 Å². The first-order valence-corrected chi connectivity index (χ1v) is 7.87. The topological polar surface area (TPSA) is 77.0 Å². The van der Waals surface area contributed by atoms with Gasteiger partial charge in [0.2, 0.25) is 11.1 Å². The highest BCUT2D eigenvalue weighted by Gasteiger charge is 2.38. The van der Waals surface area contributed by atoms with E-state index in [9.17, 15) is 18.0 Å². The lowest BCUT2D eigenvalue weighted by Gasteiger charge is -2.18. The van der Waals surface area contributed by atoms with Crippen LogP contribution in [-0.2, 0) is 17.5 Å². The molecule has 0 saturated heterocycles. The van der Waals surface area contributed by atoms with Gasteiger partial charge in [-0.05, 0) is 18.1 Å². The van der Waals surface area contributed by atoms with Crippen molar-refractivity contribution in [2.45, 2.75) is 24.8 Å². The second-order valence-corrected chi connectivity index (χ2v) is 6.08. The van der Waals surface area contributed by atoms with Crippen LogP contribution in [0.3, 0.4) is 0 Å². The maximum atomic E-state index is 12.6. The summed E-state index contributed by atoms with van der Waals surface area (Å²) in [6.07, 6.45) is -4.69. The molecule has 0 fully saturated rings. The van der Waals surface area contributed by atoms with Crippen LogP contribution in [0.1, 0.15) is 17.0 Å². The highest BCUT2D eigenvalue weighted by molar-refractivity contribution is 7.99. The van der Waals surface area contributed by atoms with Gasteiger partial charge >= 0.3 is 6.18 Å². The lowest BCUT2D eigenvalue weighted by molar-refractivity contribution is -0.146. The maximum absolute atomic E-state index is 12.6. The van der Waals surface area contributed by atoms with E-state index in [0.29, 0.717) is 11.2 Å². The Bertz CT molecular complexity index is 731. The molecular weight excluding hydrogens is 343 g/mol. The number of nitrogens with two attached hydrogens (primary N) is 1. The van der Waals surface area contributed by atoms with E-state index in [4.69, 9.17) is 5.84 Å². The van der Waals surface area contributed by atoms with E-state index in [1.807, 2.05) is 31.2 Å². The summed E-state index contributed by atoms with van der Waals surface area (Å²) in [5.74, 6) is 3.68. The van der Waals surface area contributed by atoms with E-state index in [1.165, 1.54) is 4.90 Å². The number of amides is 1. The highest BCUT2D eigenvalue weighted by Crippen LogP contribution is 2.28. The lowest BCUT2D eigenvalue weighted by Crippen LogP contribution is -2.28. The van der Waals surface area contributed by atoms with E-state index in [1.54, 1.807) is 7.05 Å². The first-order valence-electron chi connectivity index (χ1n) is 6.89. The molecule has 0 aliphatic carbocycles. The minimum atomic E-state index is -4.69. The molecule has 1 aromatic carbocycles. The fraction of sp³-hybridized carbons (Fsp3) is 0.357. The van der Waals surface area contributed by atoms with Gasteiger partial charge in [0.15, 0.2) is 0 Å². The number of carbonyl (C=O) groups is 1.